The molecular weight excluding hydrogens is 196 g/mol. The topological polar surface area (TPSA) is 80.7 Å². The van der Waals surface area contributed by atoms with Crippen LogP contribution in [0.1, 0.15) is 13.8 Å². The van der Waals surface area contributed by atoms with Crippen LogP contribution in [0, 0.1) is 0 Å². The van der Waals surface area contributed by atoms with Gasteiger partial charge < -0.3 is 9.84 Å². The van der Waals surface area contributed by atoms with Crippen LogP contribution in [0.3, 0.4) is 0 Å². The Morgan fingerprint density at radius 3 is 2.15 bits per heavy atom. The molecule has 0 aliphatic heterocycles. The van der Waals surface area contributed by atoms with Gasteiger partial charge in [0.05, 0.1) is 0 Å². The first-order valence-electron chi connectivity index (χ1n) is 3.22. The van der Waals surface area contributed by atoms with E-state index in [9.17, 15) is 14.4 Å². The predicted octanol–water partition coefficient (Wildman–Crippen LogP) is 0.755. The summed E-state index contributed by atoms with van der Waals surface area (Å²) in [7, 11) is 0. The maximum atomic E-state index is 10.4. The number of hydrogen-bond donors (Lipinski definition) is 1. The summed E-state index contributed by atoms with van der Waals surface area (Å²) < 4.78 is 4.31. The van der Waals surface area contributed by atoms with Crippen molar-refractivity contribution in [2.45, 2.75) is 13.8 Å². The van der Waals surface area contributed by atoms with E-state index < -0.39 is 17.7 Å². The molecule has 0 saturated carbocycles. The van der Waals surface area contributed by atoms with Gasteiger partial charge in [-0.05, 0) is 0 Å². The normalized spacial score (nSPS) is 10.8. The van der Waals surface area contributed by atoms with Crippen LogP contribution in [-0.4, -0.2) is 22.2 Å². The molecule has 0 aliphatic rings. The first kappa shape index (κ1) is 11.7. The van der Waals surface area contributed by atoms with Crippen LogP contribution >= 0.6 is 11.8 Å². The van der Waals surface area contributed by atoms with Crippen LogP contribution < -0.4 is 0 Å². The number of esters is 1. The van der Waals surface area contributed by atoms with E-state index in [-0.39, 0.29) is 5.12 Å². The summed E-state index contributed by atoms with van der Waals surface area (Å²) in [5.74, 6) is -2.67. The first-order chi connectivity index (χ1) is 5.93. The Kier molecular flexibility index (Phi) is 4.83. The zero-order valence-corrected chi connectivity index (χ0v) is 7.88. The molecule has 13 heavy (non-hydrogen) atoms. The summed E-state index contributed by atoms with van der Waals surface area (Å²) in [5.41, 5.74) is 0. The molecule has 0 spiro atoms. The Morgan fingerprint density at radius 1 is 1.31 bits per heavy atom. The zero-order valence-electron chi connectivity index (χ0n) is 7.07. The summed E-state index contributed by atoms with van der Waals surface area (Å²) in [6, 6.07) is 0. The highest BCUT2D eigenvalue weighted by atomic mass is 32.2. The van der Waals surface area contributed by atoms with Gasteiger partial charge in [0, 0.05) is 19.3 Å². The third kappa shape index (κ3) is 5.92. The van der Waals surface area contributed by atoms with E-state index in [2.05, 4.69) is 4.74 Å². The lowest BCUT2D eigenvalue weighted by Gasteiger charge is -1.99. The van der Waals surface area contributed by atoms with E-state index in [0.717, 1.165) is 12.3 Å². The summed E-state index contributed by atoms with van der Waals surface area (Å²) in [6.45, 7) is 2.35. The largest absolute Gasteiger partial charge is 0.475 e. The molecule has 0 aliphatic carbocycles. The molecule has 0 aromatic carbocycles. The smallest absolute Gasteiger partial charge is 0.372 e. The van der Waals surface area contributed by atoms with Gasteiger partial charge in [-0.25, -0.2) is 4.79 Å². The third-order valence-electron chi connectivity index (χ3n) is 0.796. The molecule has 0 saturated heterocycles. The maximum Gasteiger partial charge on any atom is 0.372 e. The molecule has 0 radical (unpaired) electrons. The molecule has 0 fully saturated rings. The molecular formula is C7H8O5S. The molecule has 0 bridgehead atoms. The van der Waals surface area contributed by atoms with Crippen LogP contribution in [-0.2, 0) is 19.1 Å². The molecule has 0 unspecified atom stereocenters. The number of ether oxygens (including phenoxy) is 1. The maximum absolute atomic E-state index is 10.4. The highest BCUT2D eigenvalue weighted by Gasteiger charge is 2.11. The van der Waals surface area contributed by atoms with Crippen molar-refractivity contribution in [2.24, 2.45) is 0 Å². The van der Waals surface area contributed by atoms with E-state index in [1.165, 1.54) is 6.92 Å². The van der Waals surface area contributed by atoms with Gasteiger partial charge in [-0.15, -0.1) is 0 Å². The Bertz CT molecular complexity index is 268. The lowest BCUT2D eigenvalue weighted by atomic mass is 10.6. The summed E-state index contributed by atoms with van der Waals surface area (Å²) in [5, 5.41) is 9.16. The van der Waals surface area contributed by atoms with Crippen molar-refractivity contribution < 1.29 is 24.2 Å². The van der Waals surface area contributed by atoms with Crippen molar-refractivity contribution in [3.63, 3.8) is 0 Å². The van der Waals surface area contributed by atoms with Crippen molar-refractivity contribution in [3.05, 3.63) is 11.2 Å². The molecule has 72 valence electrons. The minimum atomic E-state index is -1.39. The van der Waals surface area contributed by atoms with E-state index >= 15 is 0 Å². The number of hydrogen-bond acceptors (Lipinski definition) is 5. The highest BCUT2D eigenvalue weighted by Crippen LogP contribution is 2.09. The quantitative estimate of drug-likeness (QED) is 0.415. The van der Waals surface area contributed by atoms with Crippen LogP contribution in [0.5, 0.6) is 0 Å². The van der Waals surface area contributed by atoms with E-state index in [1.807, 2.05) is 0 Å². The van der Waals surface area contributed by atoms with Crippen LogP contribution in [0.2, 0.25) is 0 Å². The van der Waals surface area contributed by atoms with Gasteiger partial charge >= 0.3 is 11.9 Å². The number of rotatable bonds is 3. The molecule has 0 atom stereocenters. The standard InChI is InChI=1S/C7H8O5S/c1-4(8)12-6(7(10)11)3-13-5(2)9/h3H,1-2H3,(H,10,11). The van der Waals surface area contributed by atoms with Gasteiger partial charge in [-0.2, -0.15) is 0 Å². The van der Waals surface area contributed by atoms with Gasteiger partial charge in [0.2, 0.25) is 5.76 Å². The van der Waals surface area contributed by atoms with E-state index in [1.54, 1.807) is 0 Å². The van der Waals surface area contributed by atoms with E-state index in [4.69, 9.17) is 5.11 Å². The van der Waals surface area contributed by atoms with Crippen molar-refractivity contribution in [3.8, 4) is 0 Å². The van der Waals surface area contributed by atoms with Gasteiger partial charge in [0.25, 0.3) is 0 Å². The Hall–Kier alpha value is -1.30. The summed E-state index contributed by atoms with van der Waals surface area (Å²) in [6.07, 6.45) is 0. The lowest BCUT2D eigenvalue weighted by Crippen LogP contribution is -2.08. The number of thioether (sulfide) groups is 1. The van der Waals surface area contributed by atoms with E-state index in [0.29, 0.717) is 11.8 Å². The van der Waals surface area contributed by atoms with Crippen LogP contribution in [0.25, 0.3) is 0 Å². The number of aliphatic carboxylic acids is 1. The molecule has 1 N–H and O–H groups in total. The lowest BCUT2D eigenvalue weighted by molar-refractivity contribution is -0.146. The zero-order chi connectivity index (χ0) is 10.4. The number of carbonyl (C=O) groups excluding carboxylic acids is 2. The molecule has 0 aromatic rings. The monoisotopic (exact) mass is 204 g/mol. The average Bonchev–Trinajstić information content (AvgIpc) is 1.96. The Balaban J connectivity index is 4.41. The average molecular weight is 204 g/mol. The minimum absolute atomic E-state index is 0.286. The van der Waals surface area contributed by atoms with Crippen molar-refractivity contribution in [1.82, 2.24) is 0 Å². The molecule has 0 amide bonds. The minimum Gasteiger partial charge on any atom is -0.475 e. The SMILES string of the molecule is CC(=O)OC(=CSC(C)=O)C(=O)O. The fraction of sp³-hybridized carbons (Fsp3) is 0.286. The molecule has 6 heteroatoms. The summed E-state index contributed by atoms with van der Waals surface area (Å²) >= 11 is 0.651. The van der Waals surface area contributed by atoms with Gasteiger partial charge in [-0.1, -0.05) is 11.8 Å². The Labute approximate surface area is 78.8 Å². The fourth-order valence-corrected chi connectivity index (χ4v) is 0.831. The molecule has 0 heterocycles. The number of carbonyl (C=O) groups is 3. The van der Waals surface area contributed by atoms with Gasteiger partial charge in [-0.3, -0.25) is 9.59 Å². The highest BCUT2D eigenvalue weighted by molar-refractivity contribution is 8.16. The molecule has 5 nitrogen and oxygen atoms in total. The summed E-state index contributed by atoms with van der Waals surface area (Å²) in [4.78, 5) is 31.2. The first-order valence-corrected chi connectivity index (χ1v) is 4.10. The second-order valence-corrected chi connectivity index (χ2v) is 3.04. The van der Waals surface area contributed by atoms with Crippen molar-refractivity contribution in [2.75, 3.05) is 0 Å². The number of carboxylic acids is 1. The third-order valence-corrected chi connectivity index (χ3v) is 1.46. The molecule has 0 aromatic heterocycles. The fourth-order valence-electron chi connectivity index (χ4n) is 0.409. The second-order valence-electron chi connectivity index (χ2n) is 1.99. The number of carboxylic acid groups (broad SMARTS) is 1. The van der Waals surface area contributed by atoms with Crippen molar-refractivity contribution >= 4 is 28.8 Å². The Morgan fingerprint density at radius 2 is 1.85 bits per heavy atom. The van der Waals surface area contributed by atoms with Gasteiger partial charge in [0.1, 0.15) is 0 Å². The predicted molar refractivity (Wildman–Crippen MR) is 45.8 cm³/mol. The second kappa shape index (κ2) is 5.36. The van der Waals surface area contributed by atoms with Crippen molar-refractivity contribution in [1.29, 1.82) is 0 Å². The van der Waals surface area contributed by atoms with Gasteiger partial charge in [0.15, 0.2) is 5.12 Å². The molecule has 0 rings (SSSR count). The van der Waals surface area contributed by atoms with Crippen LogP contribution in [0.15, 0.2) is 11.2 Å². The van der Waals surface area contributed by atoms with Crippen LogP contribution in [0.4, 0.5) is 0 Å².